The summed E-state index contributed by atoms with van der Waals surface area (Å²) < 4.78 is 0. The van der Waals surface area contributed by atoms with Gasteiger partial charge in [0.25, 0.3) is 0 Å². The maximum absolute atomic E-state index is 12.4. The van der Waals surface area contributed by atoms with Crippen LogP contribution in [-0.2, 0) is 9.59 Å². The Balaban J connectivity index is 1.82. The third-order valence-corrected chi connectivity index (χ3v) is 4.53. The number of ketones is 1. The minimum absolute atomic E-state index is 0.0254. The zero-order chi connectivity index (χ0) is 18.2. The summed E-state index contributed by atoms with van der Waals surface area (Å²) in [7, 11) is 0. The van der Waals surface area contributed by atoms with Crippen molar-refractivity contribution in [3.63, 3.8) is 0 Å². The summed E-state index contributed by atoms with van der Waals surface area (Å²) >= 11 is 0. The van der Waals surface area contributed by atoms with Crippen molar-refractivity contribution in [3.8, 4) is 0 Å². The average Bonchev–Trinajstić information content (AvgIpc) is 2.64. The van der Waals surface area contributed by atoms with Gasteiger partial charge in [0, 0.05) is 44.6 Å². The molecule has 1 saturated heterocycles. The summed E-state index contributed by atoms with van der Waals surface area (Å²) in [5.41, 5.74) is 7.13. The highest BCUT2D eigenvalue weighted by molar-refractivity contribution is 5.98. The molecule has 0 aromatic heterocycles. The number of aryl methyl sites for hydroxylation is 1. The smallest absolute Gasteiger partial charge is 0.224 e. The average molecular weight is 345 g/mol. The van der Waals surface area contributed by atoms with Gasteiger partial charge in [-0.05, 0) is 19.8 Å². The second kappa shape index (κ2) is 9.32. The molecule has 1 atom stereocenters. The molecular weight excluding hydrogens is 318 g/mol. The van der Waals surface area contributed by atoms with E-state index in [-0.39, 0.29) is 36.4 Å². The molecule has 2 rings (SSSR count). The molecule has 6 nitrogen and oxygen atoms in total. The number of carbonyl (C=O) groups excluding carboxylic acids is 3. The van der Waals surface area contributed by atoms with Gasteiger partial charge in [0.1, 0.15) is 0 Å². The molecule has 0 spiro atoms. The van der Waals surface area contributed by atoms with Crippen molar-refractivity contribution in [3.05, 3.63) is 35.4 Å². The van der Waals surface area contributed by atoms with Crippen molar-refractivity contribution in [1.82, 2.24) is 10.2 Å². The predicted octanol–water partition coefficient (Wildman–Crippen LogP) is 1.27. The minimum atomic E-state index is -0.183. The Morgan fingerprint density at radius 1 is 1.20 bits per heavy atom. The Bertz CT molecular complexity index is 613. The van der Waals surface area contributed by atoms with E-state index in [4.69, 9.17) is 5.73 Å². The number of Topliss-reactive ketones (excluding diaryl/α,β-unsaturated/α-hetero) is 1. The molecule has 1 unspecified atom stereocenters. The van der Waals surface area contributed by atoms with Crippen LogP contribution in [-0.4, -0.2) is 48.7 Å². The first-order chi connectivity index (χ1) is 12.0. The zero-order valence-electron chi connectivity index (χ0n) is 14.8. The van der Waals surface area contributed by atoms with Gasteiger partial charge in [-0.2, -0.15) is 0 Å². The quantitative estimate of drug-likeness (QED) is 0.728. The number of piperidine rings is 1. The van der Waals surface area contributed by atoms with E-state index in [9.17, 15) is 14.4 Å². The molecule has 6 heteroatoms. The molecule has 2 amide bonds. The second-order valence-corrected chi connectivity index (χ2v) is 6.55. The van der Waals surface area contributed by atoms with Gasteiger partial charge in [0.2, 0.25) is 11.8 Å². The molecule has 1 aliphatic heterocycles. The third-order valence-electron chi connectivity index (χ3n) is 4.53. The predicted molar refractivity (Wildman–Crippen MR) is 96.1 cm³/mol. The lowest BCUT2D eigenvalue weighted by Gasteiger charge is -2.32. The summed E-state index contributed by atoms with van der Waals surface area (Å²) in [5, 5.41) is 2.78. The van der Waals surface area contributed by atoms with Crippen LogP contribution in [0.4, 0.5) is 0 Å². The number of benzene rings is 1. The lowest BCUT2D eigenvalue weighted by atomic mass is 9.96. The summed E-state index contributed by atoms with van der Waals surface area (Å²) in [5.74, 6) is -0.310. The normalized spacial score (nSPS) is 17.2. The van der Waals surface area contributed by atoms with Crippen LogP contribution in [0.1, 0.15) is 41.6 Å². The van der Waals surface area contributed by atoms with Crippen LogP contribution in [0.5, 0.6) is 0 Å². The summed E-state index contributed by atoms with van der Waals surface area (Å²) in [6.45, 7) is 3.90. The molecule has 0 saturated carbocycles. The number of likely N-dealkylation sites (tertiary alicyclic amines) is 1. The van der Waals surface area contributed by atoms with Crippen molar-refractivity contribution < 1.29 is 14.4 Å². The van der Waals surface area contributed by atoms with E-state index >= 15 is 0 Å². The van der Waals surface area contributed by atoms with E-state index in [1.807, 2.05) is 19.1 Å². The van der Waals surface area contributed by atoms with Gasteiger partial charge >= 0.3 is 0 Å². The third kappa shape index (κ3) is 5.67. The standard InChI is InChI=1S/C19H27N3O3/c1-14-4-6-15(7-5-14)17(23)8-9-18(24)22-12-2-3-16(13-22)19(25)21-11-10-20/h4-7,16H,2-3,8-13,20H2,1H3,(H,21,25). The van der Waals surface area contributed by atoms with Crippen LogP contribution < -0.4 is 11.1 Å². The second-order valence-electron chi connectivity index (χ2n) is 6.55. The molecule has 1 heterocycles. The topological polar surface area (TPSA) is 92.5 Å². The highest BCUT2D eigenvalue weighted by Gasteiger charge is 2.28. The summed E-state index contributed by atoms with van der Waals surface area (Å²) in [6.07, 6.45) is 1.97. The SMILES string of the molecule is Cc1ccc(C(=O)CCC(=O)N2CCCC(C(=O)NCCN)C2)cc1. The van der Waals surface area contributed by atoms with Gasteiger partial charge < -0.3 is 16.0 Å². The first-order valence-corrected chi connectivity index (χ1v) is 8.86. The van der Waals surface area contributed by atoms with Crippen LogP contribution >= 0.6 is 0 Å². The maximum Gasteiger partial charge on any atom is 0.224 e. The Labute approximate surface area is 148 Å². The summed E-state index contributed by atoms with van der Waals surface area (Å²) in [4.78, 5) is 38.3. The number of hydrogen-bond acceptors (Lipinski definition) is 4. The first-order valence-electron chi connectivity index (χ1n) is 8.86. The van der Waals surface area contributed by atoms with Crippen molar-refractivity contribution in [2.24, 2.45) is 11.7 Å². The fraction of sp³-hybridized carbons (Fsp3) is 0.526. The van der Waals surface area contributed by atoms with Gasteiger partial charge in [0.05, 0.1) is 5.92 Å². The number of hydrogen-bond donors (Lipinski definition) is 2. The maximum atomic E-state index is 12.4. The highest BCUT2D eigenvalue weighted by atomic mass is 16.2. The van der Waals surface area contributed by atoms with Crippen LogP contribution in [0.2, 0.25) is 0 Å². The Kier molecular flexibility index (Phi) is 7.13. The van der Waals surface area contributed by atoms with Crippen LogP contribution in [0.15, 0.2) is 24.3 Å². The minimum Gasteiger partial charge on any atom is -0.355 e. The number of nitrogens with two attached hydrogens (primary N) is 1. The van der Waals surface area contributed by atoms with Gasteiger partial charge in [-0.3, -0.25) is 14.4 Å². The molecular formula is C19H27N3O3. The van der Waals surface area contributed by atoms with E-state index in [1.165, 1.54) is 0 Å². The van der Waals surface area contributed by atoms with Gasteiger partial charge in [0.15, 0.2) is 5.78 Å². The number of amides is 2. The fourth-order valence-corrected chi connectivity index (χ4v) is 3.02. The molecule has 0 radical (unpaired) electrons. The van der Waals surface area contributed by atoms with Gasteiger partial charge in [-0.25, -0.2) is 0 Å². The fourth-order valence-electron chi connectivity index (χ4n) is 3.02. The zero-order valence-corrected chi connectivity index (χ0v) is 14.8. The van der Waals surface area contributed by atoms with Crippen molar-refractivity contribution in [2.75, 3.05) is 26.2 Å². The number of carbonyl (C=O) groups is 3. The number of rotatable bonds is 7. The molecule has 0 bridgehead atoms. The lowest BCUT2D eigenvalue weighted by molar-refractivity contribution is -0.135. The monoisotopic (exact) mass is 345 g/mol. The number of nitrogens with zero attached hydrogens (tertiary/aromatic N) is 1. The summed E-state index contributed by atoms with van der Waals surface area (Å²) in [6, 6.07) is 7.37. The molecule has 136 valence electrons. The van der Waals surface area contributed by atoms with Crippen molar-refractivity contribution in [1.29, 1.82) is 0 Å². The molecule has 1 aliphatic rings. The first kappa shape index (κ1) is 19.1. The van der Waals surface area contributed by atoms with E-state index in [1.54, 1.807) is 17.0 Å². The van der Waals surface area contributed by atoms with E-state index in [2.05, 4.69) is 5.32 Å². The van der Waals surface area contributed by atoms with Crippen molar-refractivity contribution in [2.45, 2.75) is 32.6 Å². The molecule has 25 heavy (non-hydrogen) atoms. The van der Waals surface area contributed by atoms with E-state index < -0.39 is 0 Å². The highest BCUT2D eigenvalue weighted by Crippen LogP contribution is 2.18. The molecule has 1 aromatic carbocycles. The van der Waals surface area contributed by atoms with E-state index in [0.717, 1.165) is 18.4 Å². The van der Waals surface area contributed by atoms with Crippen LogP contribution in [0.25, 0.3) is 0 Å². The van der Waals surface area contributed by atoms with E-state index in [0.29, 0.717) is 31.7 Å². The Morgan fingerprint density at radius 2 is 1.92 bits per heavy atom. The molecule has 3 N–H and O–H groups in total. The largest absolute Gasteiger partial charge is 0.355 e. The van der Waals surface area contributed by atoms with Gasteiger partial charge in [-0.15, -0.1) is 0 Å². The van der Waals surface area contributed by atoms with Crippen molar-refractivity contribution >= 4 is 17.6 Å². The van der Waals surface area contributed by atoms with Gasteiger partial charge in [-0.1, -0.05) is 29.8 Å². The lowest BCUT2D eigenvalue weighted by Crippen LogP contribution is -2.46. The van der Waals surface area contributed by atoms with Crippen LogP contribution in [0.3, 0.4) is 0 Å². The molecule has 0 aliphatic carbocycles. The van der Waals surface area contributed by atoms with Crippen LogP contribution in [0, 0.1) is 12.8 Å². The Morgan fingerprint density at radius 3 is 2.60 bits per heavy atom. The molecule has 1 aromatic rings. The number of nitrogens with one attached hydrogen (secondary N) is 1. The Hall–Kier alpha value is -2.21. The molecule has 1 fully saturated rings.